The van der Waals surface area contributed by atoms with Crippen molar-refractivity contribution in [3.63, 3.8) is 0 Å². The summed E-state index contributed by atoms with van der Waals surface area (Å²) in [4.78, 5) is 0. The Morgan fingerprint density at radius 1 is 1.46 bits per heavy atom. The van der Waals surface area contributed by atoms with Crippen LogP contribution in [0.1, 0.15) is 0 Å². The number of benzene rings is 1. The van der Waals surface area contributed by atoms with E-state index in [1.54, 1.807) is 18.6 Å². The van der Waals surface area contributed by atoms with Gasteiger partial charge in [-0.05, 0) is 12.1 Å². The molecule has 1 aromatic carbocycles. The van der Waals surface area contributed by atoms with E-state index < -0.39 is 0 Å². The number of hydrogen-bond acceptors (Lipinski definition) is 3. The molecule has 0 fully saturated rings. The van der Waals surface area contributed by atoms with Crippen molar-refractivity contribution in [1.82, 2.24) is 0 Å². The van der Waals surface area contributed by atoms with E-state index >= 15 is 0 Å². The third-order valence-corrected chi connectivity index (χ3v) is 2.89. The third kappa shape index (κ3) is 1.14. The van der Waals surface area contributed by atoms with Crippen molar-refractivity contribution in [2.75, 3.05) is 12.8 Å². The second kappa shape index (κ2) is 2.88. The highest BCUT2D eigenvalue weighted by Crippen LogP contribution is 2.36. The van der Waals surface area contributed by atoms with Crippen LogP contribution in [0.4, 0.5) is 10.1 Å². The van der Waals surface area contributed by atoms with Gasteiger partial charge in [-0.3, -0.25) is 0 Å². The molecule has 0 atom stereocenters. The topological polar surface area (TPSA) is 35.2 Å². The molecule has 68 valence electrons. The highest BCUT2D eigenvalue weighted by Gasteiger charge is 2.10. The van der Waals surface area contributed by atoms with Gasteiger partial charge in [-0.1, -0.05) is 0 Å². The van der Waals surface area contributed by atoms with Gasteiger partial charge in [0.1, 0.15) is 11.6 Å². The molecular weight excluding hydrogens is 189 g/mol. The van der Waals surface area contributed by atoms with Crippen LogP contribution < -0.4 is 10.5 Å². The second-order valence-electron chi connectivity index (χ2n) is 2.64. The molecule has 2 rings (SSSR count). The number of halogens is 1. The first-order valence-corrected chi connectivity index (χ1v) is 4.61. The molecule has 2 nitrogen and oxygen atoms in total. The highest BCUT2D eigenvalue weighted by atomic mass is 32.1. The predicted octanol–water partition coefficient (Wildman–Crippen LogP) is 2.63. The molecule has 1 aromatic heterocycles. The van der Waals surface area contributed by atoms with Gasteiger partial charge >= 0.3 is 0 Å². The lowest BCUT2D eigenvalue weighted by molar-refractivity contribution is 0.419. The van der Waals surface area contributed by atoms with Crippen LogP contribution in [0.3, 0.4) is 0 Å². The molecule has 0 aliphatic heterocycles. The summed E-state index contributed by atoms with van der Waals surface area (Å²) in [6.45, 7) is 0. The summed E-state index contributed by atoms with van der Waals surface area (Å²) in [6, 6.07) is 2.97. The summed E-state index contributed by atoms with van der Waals surface area (Å²) in [6.07, 6.45) is 0. The molecule has 0 unspecified atom stereocenters. The lowest BCUT2D eigenvalue weighted by atomic mass is 10.2. The summed E-state index contributed by atoms with van der Waals surface area (Å²) < 4.78 is 18.8. The van der Waals surface area contributed by atoms with Crippen LogP contribution in [0.5, 0.6) is 5.75 Å². The largest absolute Gasteiger partial charge is 0.496 e. The number of nitrogen functional groups attached to an aromatic ring is 1. The average molecular weight is 197 g/mol. The van der Waals surface area contributed by atoms with Gasteiger partial charge in [0.25, 0.3) is 0 Å². The van der Waals surface area contributed by atoms with E-state index in [0.29, 0.717) is 21.5 Å². The summed E-state index contributed by atoms with van der Waals surface area (Å²) in [5, 5.41) is 2.39. The Morgan fingerprint density at radius 2 is 2.23 bits per heavy atom. The smallest absolute Gasteiger partial charge is 0.141 e. The summed E-state index contributed by atoms with van der Waals surface area (Å²) in [7, 11) is 1.55. The Bertz CT molecular complexity index is 452. The maximum Gasteiger partial charge on any atom is 0.141 e. The fourth-order valence-electron chi connectivity index (χ4n) is 1.28. The van der Waals surface area contributed by atoms with Crippen molar-refractivity contribution in [1.29, 1.82) is 0 Å². The third-order valence-electron chi connectivity index (χ3n) is 1.88. The molecule has 2 N–H and O–H groups in total. The van der Waals surface area contributed by atoms with Gasteiger partial charge < -0.3 is 10.5 Å². The van der Waals surface area contributed by atoms with E-state index in [1.807, 2.05) is 0 Å². The van der Waals surface area contributed by atoms with Crippen molar-refractivity contribution >= 4 is 27.1 Å². The molecular formula is C9H8FNOS. The molecule has 13 heavy (non-hydrogen) atoms. The average Bonchev–Trinajstić information content (AvgIpc) is 2.51. The van der Waals surface area contributed by atoms with E-state index in [0.717, 1.165) is 0 Å². The van der Waals surface area contributed by atoms with Gasteiger partial charge in [0.15, 0.2) is 0 Å². The zero-order valence-corrected chi connectivity index (χ0v) is 7.82. The quantitative estimate of drug-likeness (QED) is 0.762. The van der Waals surface area contributed by atoms with Crippen LogP contribution in [0.25, 0.3) is 10.1 Å². The van der Waals surface area contributed by atoms with E-state index in [-0.39, 0.29) is 5.82 Å². The number of rotatable bonds is 1. The number of nitrogens with two attached hydrogens (primary N) is 1. The molecule has 0 radical (unpaired) electrons. The SMILES string of the molecule is COc1ccc(F)c2scc(N)c12. The van der Waals surface area contributed by atoms with Crippen molar-refractivity contribution in [2.24, 2.45) is 0 Å². The molecule has 4 heteroatoms. The summed E-state index contributed by atoms with van der Waals surface area (Å²) in [5.74, 6) is 0.368. The predicted molar refractivity (Wildman–Crippen MR) is 52.7 cm³/mol. The van der Waals surface area contributed by atoms with Crippen molar-refractivity contribution in [3.8, 4) is 5.75 Å². The molecule has 2 aromatic rings. The standard InChI is InChI=1S/C9H8FNOS/c1-12-7-3-2-5(10)9-8(7)6(11)4-13-9/h2-4H,11H2,1H3. The number of fused-ring (bicyclic) bond motifs is 1. The maximum atomic E-state index is 13.2. The molecule has 0 saturated heterocycles. The van der Waals surface area contributed by atoms with Gasteiger partial charge in [-0.15, -0.1) is 11.3 Å². The summed E-state index contributed by atoms with van der Waals surface area (Å²) in [5.41, 5.74) is 6.25. The van der Waals surface area contributed by atoms with Gasteiger partial charge in [0.2, 0.25) is 0 Å². The molecule has 1 heterocycles. The second-order valence-corrected chi connectivity index (χ2v) is 3.52. The van der Waals surface area contributed by atoms with Gasteiger partial charge in [0, 0.05) is 5.38 Å². The number of hydrogen-bond donors (Lipinski definition) is 1. The van der Waals surface area contributed by atoms with E-state index in [2.05, 4.69) is 0 Å². The van der Waals surface area contributed by atoms with Gasteiger partial charge in [-0.25, -0.2) is 4.39 Å². The Morgan fingerprint density at radius 3 is 2.92 bits per heavy atom. The molecule has 0 aliphatic rings. The zero-order chi connectivity index (χ0) is 9.42. The van der Waals surface area contributed by atoms with Crippen LogP contribution in [0, 0.1) is 5.82 Å². The number of methoxy groups -OCH3 is 1. The van der Waals surface area contributed by atoms with Crippen LogP contribution in [-0.2, 0) is 0 Å². The lowest BCUT2D eigenvalue weighted by Gasteiger charge is -2.02. The molecule has 0 aliphatic carbocycles. The number of thiophene rings is 1. The molecule has 0 spiro atoms. The van der Waals surface area contributed by atoms with Crippen molar-refractivity contribution in [2.45, 2.75) is 0 Å². The first kappa shape index (κ1) is 8.31. The lowest BCUT2D eigenvalue weighted by Crippen LogP contribution is -1.88. The molecule has 0 bridgehead atoms. The normalized spacial score (nSPS) is 10.6. The fraction of sp³-hybridized carbons (Fsp3) is 0.111. The Hall–Kier alpha value is -1.29. The Labute approximate surface area is 78.7 Å². The summed E-state index contributed by atoms with van der Waals surface area (Å²) >= 11 is 1.29. The van der Waals surface area contributed by atoms with Gasteiger partial charge in [0.05, 0.1) is 22.9 Å². The number of ether oxygens (including phenoxy) is 1. The Balaban J connectivity index is 2.88. The van der Waals surface area contributed by atoms with E-state index in [4.69, 9.17) is 10.5 Å². The van der Waals surface area contributed by atoms with Gasteiger partial charge in [-0.2, -0.15) is 0 Å². The van der Waals surface area contributed by atoms with Crippen molar-refractivity contribution < 1.29 is 9.13 Å². The first-order chi connectivity index (χ1) is 6.24. The maximum absolute atomic E-state index is 13.2. The molecule has 0 amide bonds. The number of anilines is 1. The van der Waals surface area contributed by atoms with Crippen LogP contribution in [0.2, 0.25) is 0 Å². The van der Waals surface area contributed by atoms with Crippen LogP contribution in [-0.4, -0.2) is 7.11 Å². The van der Waals surface area contributed by atoms with Crippen LogP contribution in [0.15, 0.2) is 17.5 Å². The monoisotopic (exact) mass is 197 g/mol. The zero-order valence-electron chi connectivity index (χ0n) is 7.00. The molecule has 0 saturated carbocycles. The van der Waals surface area contributed by atoms with E-state index in [9.17, 15) is 4.39 Å². The van der Waals surface area contributed by atoms with Crippen LogP contribution >= 0.6 is 11.3 Å². The first-order valence-electron chi connectivity index (χ1n) is 3.73. The van der Waals surface area contributed by atoms with Crippen molar-refractivity contribution in [3.05, 3.63) is 23.3 Å². The minimum atomic E-state index is -0.252. The van der Waals surface area contributed by atoms with E-state index in [1.165, 1.54) is 17.4 Å². The fourth-order valence-corrected chi connectivity index (χ4v) is 2.16. The minimum Gasteiger partial charge on any atom is -0.496 e. The minimum absolute atomic E-state index is 0.252. The highest BCUT2D eigenvalue weighted by molar-refractivity contribution is 7.17. The Kier molecular flexibility index (Phi) is 1.84.